The number of hydrogen-bond acceptors (Lipinski definition) is 2. The molecule has 6 heteroatoms. The first-order valence-corrected chi connectivity index (χ1v) is 11.7. The molecule has 0 aliphatic rings. The third-order valence-electron chi connectivity index (χ3n) is 1.12. The third kappa shape index (κ3) is 18.7. The van der Waals surface area contributed by atoms with Crippen molar-refractivity contribution in [1.82, 2.24) is 0 Å². The van der Waals surface area contributed by atoms with E-state index < -0.39 is 16.7 Å². The van der Waals surface area contributed by atoms with Crippen molar-refractivity contribution in [2.24, 2.45) is 0 Å². The molecular formula is C8H22Cl2O2Si2. The summed E-state index contributed by atoms with van der Waals surface area (Å²) in [7, 11) is -2.60. The monoisotopic (exact) mass is 276 g/mol. The molecule has 0 amide bonds. The standard InChI is InChI=1S/C5H14O2Si.C3H8Cl2Si/c1-4-6-8(3)7-5-2;1-6(2,5)3-4/h8H,4-5H2,1-3H3;3H2,1-2H3. The summed E-state index contributed by atoms with van der Waals surface area (Å²) in [6.07, 6.45) is 0. The van der Waals surface area contributed by atoms with Gasteiger partial charge >= 0.3 is 9.28 Å². The van der Waals surface area contributed by atoms with E-state index in [1.54, 1.807) is 0 Å². The van der Waals surface area contributed by atoms with Crippen LogP contribution in [0.25, 0.3) is 0 Å². The molecule has 0 radical (unpaired) electrons. The molecule has 0 atom stereocenters. The maximum Gasteiger partial charge on any atom is 0.318 e. The Kier molecular flexibility index (Phi) is 12.9. The highest BCUT2D eigenvalue weighted by Crippen LogP contribution is 2.07. The van der Waals surface area contributed by atoms with Gasteiger partial charge in [0, 0.05) is 18.7 Å². The summed E-state index contributed by atoms with van der Waals surface area (Å²) < 4.78 is 10.4. The normalized spacial score (nSPS) is 11.1. The molecule has 0 unspecified atom stereocenters. The molecule has 0 aromatic heterocycles. The van der Waals surface area contributed by atoms with Gasteiger partial charge in [0.25, 0.3) is 0 Å². The second-order valence-electron chi connectivity index (χ2n) is 3.33. The van der Waals surface area contributed by atoms with Gasteiger partial charge in [-0.2, -0.15) is 11.1 Å². The molecule has 0 saturated heterocycles. The SMILES string of the molecule is CCO[SiH](C)OCC.C[Si](C)(Cl)CCl. The van der Waals surface area contributed by atoms with Crippen LogP contribution in [0.15, 0.2) is 0 Å². The zero-order chi connectivity index (χ0) is 11.6. The fraction of sp³-hybridized carbons (Fsp3) is 1.00. The average Bonchev–Trinajstić information content (AvgIpc) is 2.05. The highest BCUT2D eigenvalue weighted by Gasteiger charge is 2.13. The quantitative estimate of drug-likeness (QED) is 0.437. The lowest BCUT2D eigenvalue weighted by Gasteiger charge is -2.07. The van der Waals surface area contributed by atoms with Crippen molar-refractivity contribution in [3.63, 3.8) is 0 Å². The Morgan fingerprint density at radius 1 is 1.14 bits per heavy atom. The van der Waals surface area contributed by atoms with E-state index in [1.165, 1.54) is 0 Å². The van der Waals surface area contributed by atoms with Crippen molar-refractivity contribution in [3.8, 4) is 0 Å². The number of hydrogen-bond donors (Lipinski definition) is 0. The van der Waals surface area contributed by atoms with Crippen LogP contribution in [0, 0.1) is 0 Å². The van der Waals surface area contributed by atoms with E-state index in [0.29, 0.717) is 5.50 Å². The van der Waals surface area contributed by atoms with E-state index >= 15 is 0 Å². The van der Waals surface area contributed by atoms with Crippen LogP contribution in [-0.2, 0) is 8.85 Å². The number of rotatable bonds is 5. The Morgan fingerprint density at radius 2 is 1.43 bits per heavy atom. The summed E-state index contributed by atoms with van der Waals surface area (Å²) in [5, 5.41) is 0. The lowest BCUT2D eigenvalue weighted by atomic mass is 10.9. The summed E-state index contributed by atoms with van der Waals surface area (Å²) >= 11 is 11.1. The summed E-state index contributed by atoms with van der Waals surface area (Å²) in [5.41, 5.74) is 0.647. The lowest BCUT2D eigenvalue weighted by Crippen LogP contribution is -2.18. The summed E-state index contributed by atoms with van der Waals surface area (Å²) in [5.74, 6) is 0. The molecule has 0 spiro atoms. The number of halogens is 2. The Balaban J connectivity index is 0. The second kappa shape index (κ2) is 10.5. The second-order valence-corrected chi connectivity index (χ2v) is 12.7. The zero-order valence-corrected chi connectivity index (χ0v) is 13.4. The molecule has 0 heterocycles. The first kappa shape index (κ1) is 17.3. The van der Waals surface area contributed by atoms with Gasteiger partial charge in [0.15, 0.2) is 7.38 Å². The molecule has 0 aromatic carbocycles. The molecule has 0 fully saturated rings. The van der Waals surface area contributed by atoms with Crippen LogP contribution in [0.3, 0.4) is 0 Å². The maximum atomic E-state index is 5.72. The summed E-state index contributed by atoms with van der Waals surface area (Å²) in [4.78, 5) is 0. The molecule has 0 rings (SSSR count). The van der Waals surface area contributed by atoms with Crippen molar-refractivity contribution in [2.75, 3.05) is 18.7 Å². The van der Waals surface area contributed by atoms with Gasteiger partial charge in [0.05, 0.1) is 0 Å². The van der Waals surface area contributed by atoms with Crippen LogP contribution < -0.4 is 0 Å². The molecule has 0 saturated carbocycles. The molecule has 0 aromatic rings. The van der Waals surface area contributed by atoms with Crippen LogP contribution in [0.4, 0.5) is 0 Å². The zero-order valence-electron chi connectivity index (χ0n) is 9.77. The topological polar surface area (TPSA) is 18.5 Å². The molecular weight excluding hydrogens is 255 g/mol. The van der Waals surface area contributed by atoms with Gasteiger partial charge in [0.2, 0.25) is 0 Å². The van der Waals surface area contributed by atoms with E-state index in [9.17, 15) is 0 Å². The van der Waals surface area contributed by atoms with E-state index in [0.717, 1.165) is 13.2 Å². The largest absolute Gasteiger partial charge is 0.397 e. The molecule has 0 N–H and O–H groups in total. The molecule has 0 aliphatic carbocycles. The Bertz CT molecular complexity index is 114. The summed E-state index contributed by atoms with van der Waals surface area (Å²) in [6, 6.07) is 0. The fourth-order valence-electron chi connectivity index (χ4n) is 0.518. The van der Waals surface area contributed by atoms with Crippen molar-refractivity contribution in [3.05, 3.63) is 0 Å². The van der Waals surface area contributed by atoms with Crippen LogP contribution in [0.5, 0.6) is 0 Å². The lowest BCUT2D eigenvalue weighted by molar-refractivity contribution is 0.219. The Hall–Kier alpha value is 0.934. The minimum atomic E-state index is -1.39. The highest BCUT2D eigenvalue weighted by atomic mass is 35.6. The van der Waals surface area contributed by atoms with Gasteiger partial charge in [0.1, 0.15) is 0 Å². The van der Waals surface area contributed by atoms with Crippen LogP contribution >= 0.6 is 22.7 Å². The minimum Gasteiger partial charge on any atom is -0.397 e. The van der Waals surface area contributed by atoms with Gasteiger partial charge in [-0.15, -0.1) is 11.6 Å². The van der Waals surface area contributed by atoms with E-state index in [-0.39, 0.29) is 0 Å². The molecule has 2 nitrogen and oxygen atoms in total. The van der Waals surface area contributed by atoms with Crippen molar-refractivity contribution in [1.29, 1.82) is 0 Å². The van der Waals surface area contributed by atoms with Gasteiger partial charge < -0.3 is 8.85 Å². The van der Waals surface area contributed by atoms with E-state index in [4.69, 9.17) is 31.5 Å². The first-order chi connectivity index (χ1) is 6.37. The Labute approximate surface area is 100 Å². The maximum absolute atomic E-state index is 5.72. The van der Waals surface area contributed by atoms with Crippen molar-refractivity contribution < 1.29 is 8.85 Å². The molecule has 0 aliphatic heterocycles. The third-order valence-corrected chi connectivity index (χ3v) is 6.18. The van der Waals surface area contributed by atoms with Gasteiger partial charge in [-0.3, -0.25) is 0 Å². The predicted octanol–water partition coefficient (Wildman–Crippen LogP) is 3.12. The molecule has 88 valence electrons. The van der Waals surface area contributed by atoms with Gasteiger partial charge in [-0.05, 0) is 20.4 Å². The predicted molar refractivity (Wildman–Crippen MR) is 70.3 cm³/mol. The van der Waals surface area contributed by atoms with Gasteiger partial charge in [-0.1, -0.05) is 13.1 Å². The number of alkyl halides is 1. The van der Waals surface area contributed by atoms with Crippen LogP contribution in [-0.4, -0.2) is 35.4 Å². The molecule has 14 heavy (non-hydrogen) atoms. The van der Waals surface area contributed by atoms with E-state index in [2.05, 4.69) is 0 Å². The molecule has 0 bridgehead atoms. The van der Waals surface area contributed by atoms with Crippen LogP contribution in [0.2, 0.25) is 19.6 Å². The van der Waals surface area contributed by atoms with Crippen molar-refractivity contribution >= 4 is 39.3 Å². The van der Waals surface area contributed by atoms with Gasteiger partial charge in [-0.25, -0.2) is 0 Å². The first-order valence-electron chi connectivity index (χ1n) is 4.85. The highest BCUT2D eigenvalue weighted by molar-refractivity contribution is 7.21. The van der Waals surface area contributed by atoms with Crippen molar-refractivity contribution in [2.45, 2.75) is 33.5 Å². The smallest absolute Gasteiger partial charge is 0.318 e. The van der Waals surface area contributed by atoms with E-state index in [1.807, 2.05) is 33.5 Å². The van der Waals surface area contributed by atoms with Crippen LogP contribution in [0.1, 0.15) is 13.8 Å². The average molecular weight is 277 g/mol. The summed E-state index contributed by atoms with van der Waals surface area (Å²) in [6.45, 7) is 11.6. The minimum absolute atomic E-state index is 0.647. The Morgan fingerprint density at radius 3 is 1.57 bits per heavy atom. The fourth-order valence-corrected chi connectivity index (χ4v) is 1.55.